The third kappa shape index (κ3) is 1.85. The SMILES string of the molecule is C[C@H]1CCC[C@H]1Nc1cnn(C)c1. The Hall–Kier alpha value is -0.990. The van der Waals surface area contributed by atoms with E-state index in [9.17, 15) is 0 Å². The van der Waals surface area contributed by atoms with Gasteiger partial charge >= 0.3 is 0 Å². The lowest BCUT2D eigenvalue weighted by Gasteiger charge is -2.16. The van der Waals surface area contributed by atoms with Crippen molar-refractivity contribution in [3.8, 4) is 0 Å². The predicted molar refractivity (Wildman–Crippen MR) is 53.6 cm³/mol. The van der Waals surface area contributed by atoms with Crippen LogP contribution >= 0.6 is 0 Å². The monoisotopic (exact) mass is 179 g/mol. The fraction of sp³-hybridized carbons (Fsp3) is 0.700. The van der Waals surface area contributed by atoms with Crippen molar-refractivity contribution in [1.29, 1.82) is 0 Å². The summed E-state index contributed by atoms with van der Waals surface area (Å²) in [6.45, 7) is 2.32. The summed E-state index contributed by atoms with van der Waals surface area (Å²) in [5, 5.41) is 7.67. The molecule has 2 rings (SSSR count). The summed E-state index contributed by atoms with van der Waals surface area (Å²) >= 11 is 0. The van der Waals surface area contributed by atoms with E-state index in [2.05, 4.69) is 17.3 Å². The van der Waals surface area contributed by atoms with Gasteiger partial charge in [0.05, 0.1) is 11.9 Å². The lowest BCUT2D eigenvalue weighted by molar-refractivity contribution is 0.556. The van der Waals surface area contributed by atoms with Crippen LogP contribution in [0.4, 0.5) is 5.69 Å². The zero-order chi connectivity index (χ0) is 9.26. The largest absolute Gasteiger partial charge is 0.380 e. The summed E-state index contributed by atoms with van der Waals surface area (Å²) in [5.74, 6) is 0.806. The summed E-state index contributed by atoms with van der Waals surface area (Å²) in [5.41, 5.74) is 1.15. The van der Waals surface area contributed by atoms with Crippen molar-refractivity contribution in [2.24, 2.45) is 13.0 Å². The van der Waals surface area contributed by atoms with Crippen LogP contribution in [-0.4, -0.2) is 15.8 Å². The van der Waals surface area contributed by atoms with E-state index in [4.69, 9.17) is 0 Å². The highest BCUT2D eigenvalue weighted by Gasteiger charge is 2.22. The number of hydrogen-bond acceptors (Lipinski definition) is 2. The standard InChI is InChI=1S/C10H17N3/c1-8-4-3-5-10(8)12-9-6-11-13(2)7-9/h6-8,10,12H,3-5H2,1-2H3/t8-,10+/m0/s1. The number of hydrogen-bond donors (Lipinski definition) is 1. The smallest absolute Gasteiger partial charge is 0.0728 e. The van der Waals surface area contributed by atoms with Crippen LogP contribution in [-0.2, 0) is 7.05 Å². The van der Waals surface area contributed by atoms with E-state index in [0.29, 0.717) is 6.04 Å². The first-order valence-corrected chi connectivity index (χ1v) is 5.01. The number of nitrogens with zero attached hydrogens (tertiary/aromatic N) is 2. The van der Waals surface area contributed by atoms with Gasteiger partial charge in [-0.3, -0.25) is 4.68 Å². The van der Waals surface area contributed by atoms with E-state index in [1.807, 2.05) is 24.1 Å². The minimum absolute atomic E-state index is 0.657. The minimum atomic E-state index is 0.657. The zero-order valence-electron chi connectivity index (χ0n) is 8.33. The zero-order valence-corrected chi connectivity index (χ0v) is 8.33. The molecule has 0 bridgehead atoms. The maximum atomic E-state index is 4.14. The maximum absolute atomic E-state index is 4.14. The molecule has 1 N–H and O–H groups in total. The fourth-order valence-electron chi connectivity index (χ4n) is 2.07. The van der Waals surface area contributed by atoms with Gasteiger partial charge in [0.2, 0.25) is 0 Å². The van der Waals surface area contributed by atoms with E-state index in [0.717, 1.165) is 11.6 Å². The summed E-state index contributed by atoms with van der Waals surface area (Å²) in [6, 6.07) is 0.657. The van der Waals surface area contributed by atoms with Gasteiger partial charge in [-0.2, -0.15) is 5.10 Å². The summed E-state index contributed by atoms with van der Waals surface area (Å²) in [6.07, 6.45) is 7.95. The second-order valence-corrected chi connectivity index (χ2v) is 4.06. The van der Waals surface area contributed by atoms with Gasteiger partial charge in [0.1, 0.15) is 0 Å². The van der Waals surface area contributed by atoms with Crippen molar-refractivity contribution in [1.82, 2.24) is 9.78 Å². The average molecular weight is 179 g/mol. The second kappa shape index (κ2) is 3.40. The van der Waals surface area contributed by atoms with Crippen LogP contribution in [0.3, 0.4) is 0 Å². The topological polar surface area (TPSA) is 29.9 Å². The molecule has 72 valence electrons. The lowest BCUT2D eigenvalue weighted by Crippen LogP contribution is -2.21. The molecule has 1 aliphatic rings. The van der Waals surface area contributed by atoms with Gasteiger partial charge in [0, 0.05) is 19.3 Å². The average Bonchev–Trinajstić information content (AvgIpc) is 2.64. The number of aryl methyl sites for hydroxylation is 1. The first-order valence-electron chi connectivity index (χ1n) is 5.01. The molecule has 0 aliphatic heterocycles. The molecule has 0 saturated heterocycles. The molecule has 1 heterocycles. The van der Waals surface area contributed by atoms with Crippen LogP contribution in [0.1, 0.15) is 26.2 Å². The van der Waals surface area contributed by atoms with Crippen molar-refractivity contribution < 1.29 is 0 Å². The molecule has 1 aliphatic carbocycles. The summed E-state index contributed by atoms with van der Waals surface area (Å²) < 4.78 is 1.84. The number of anilines is 1. The van der Waals surface area contributed by atoms with Crippen LogP contribution in [0.2, 0.25) is 0 Å². The molecule has 2 atom stereocenters. The van der Waals surface area contributed by atoms with E-state index in [-0.39, 0.29) is 0 Å². The Morgan fingerprint density at radius 2 is 2.38 bits per heavy atom. The van der Waals surface area contributed by atoms with Gasteiger partial charge in [-0.05, 0) is 18.8 Å². The molecule has 0 aromatic carbocycles. The number of aromatic nitrogens is 2. The van der Waals surface area contributed by atoms with Gasteiger partial charge < -0.3 is 5.32 Å². The molecule has 1 saturated carbocycles. The van der Waals surface area contributed by atoms with Crippen molar-refractivity contribution in [3.05, 3.63) is 12.4 Å². The molecular formula is C10H17N3. The molecule has 1 aromatic heterocycles. The Balaban J connectivity index is 1.97. The second-order valence-electron chi connectivity index (χ2n) is 4.06. The highest BCUT2D eigenvalue weighted by molar-refractivity contribution is 5.39. The third-order valence-electron chi connectivity index (χ3n) is 2.92. The highest BCUT2D eigenvalue weighted by atomic mass is 15.3. The van der Waals surface area contributed by atoms with E-state index in [1.165, 1.54) is 19.3 Å². The Kier molecular flexibility index (Phi) is 2.25. The van der Waals surface area contributed by atoms with Crippen LogP contribution in [0.5, 0.6) is 0 Å². The Bertz CT molecular complexity index is 279. The van der Waals surface area contributed by atoms with Crippen molar-refractivity contribution in [3.63, 3.8) is 0 Å². The molecule has 1 fully saturated rings. The predicted octanol–water partition coefficient (Wildman–Crippen LogP) is 2.02. The first kappa shape index (κ1) is 8.60. The van der Waals surface area contributed by atoms with Crippen LogP contribution < -0.4 is 5.32 Å². The summed E-state index contributed by atoms with van der Waals surface area (Å²) in [7, 11) is 1.95. The molecule has 1 aromatic rings. The van der Waals surface area contributed by atoms with Gasteiger partial charge in [-0.1, -0.05) is 13.3 Å². The molecular weight excluding hydrogens is 162 g/mol. The van der Waals surface area contributed by atoms with E-state index >= 15 is 0 Å². The van der Waals surface area contributed by atoms with Gasteiger partial charge in [-0.15, -0.1) is 0 Å². The van der Waals surface area contributed by atoms with Gasteiger partial charge in [-0.25, -0.2) is 0 Å². The number of rotatable bonds is 2. The Morgan fingerprint density at radius 3 is 2.92 bits per heavy atom. The number of nitrogens with one attached hydrogen (secondary N) is 1. The van der Waals surface area contributed by atoms with Crippen molar-refractivity contribution >= 4 is 5.69 Å². The molecule has 0 amide bonds. The van der Waals surface area contributed by atoms with Crippen LogP contribution in [0, 0.1) is 5.92 Å². The van der Waals surface area contributed by atoms with Crippen molar-refractivity contribution in [2.45, 2.75) is 32.2 Å². The molecule has 0 unspecified atom stereocenters. The normalized spacial score (nSPS) is 27.8. The molecule has 0 spiro atoms. The quantitative estimate of drug-likeness (QED) is 0.752. The molecule has 3 heteroatoms. The maximum Gasteiger partial charge on any atom is 0.0728 e. The summed E-state index contributed by atoms with van der Waals surface area (Å²) in [4.78, 5) is 0. The minimum Gasteiger partial charge on any atom is -0.380 e. The molecule has 0 radical (unpaired) electrons. The Labute approximate surface area is 79.1 Å². The van der Waals surface area contributed by atoms with Crippen molar-refractivity contribution in [2.75, 3.05) is 5.32 Å². The first-order chi connectivity index (χ1) is 6.25. The molecule has 3 nitrogen and oxygen atoms in total. The van der Waals surface area contributed by atoms with E-state index in [1.54, 1.807) is 0 Å². The van der Waals surface area contributed by atoms with Gasteiger partial charge in [0.15, 0.2) is 0 Å². The van der Waals surface area contributed by atoms with Crippen LogP contribution in [0.15, 0.2) is 12.4 Å². The van der Waals surface area contributed by atoms with E-state index < -0.39 is 0 Å². The fourth-order valence-corrected chi connectivity index (χ4v) is 2.07. The van der Waals surface area contributed by atoms with Gasteiger partial charge in [0.25, 0.3) is 0 Å². The van der Waals surface area contributed by atoms with Crippen LogP contribution in [0.25, 0.3) is 0 Å². The third-order valence-corrected chi connectivity index (χ3v) is 2.92. The molecule has 13 heavy (non-hydrogen) atoms. The lowest BCUT2D eigenvalue weighted by atomic mass is 10.1. The highest BCUT2D eigenvalue weighted by Crippen LogP contribution is 2.27. The Morgan fingerprint density at radius 1 is 1.54 bits per heavy atom.